The van der Waals surface area contributed by atoms with Gasteiger partial charge in [0.05, 0.1) is 19.8 Å². The number of rotatable bonds is 9. The van der Waals surface area contributed by atoms with Crippen molar-refractivity contribution in [2.24, 2.45) is 5.73 Å². The van der Waals surface area contributed by atoms with Crippen molar-refractivity contribution in [3.8, 4) is 0 Å². The Morgan fingerprint density at radius 3 is 2.79 bits per heavy atom. The van der Waals surface area contributed by atoms with Gasteiger partial charge in [0.1, 0.15) is 5.82 Å². The normalized spacial score (nSPS) is 10.6. The summed E-state index contributed by atoms with van der Waals surface area (Å²) in [4.78, 5) is 10.9. The highest BCUT2D eigenvalue weighted by Gasteiger charge is 2.06. The molecule has 0 saturated carbocycles. The fraction of sp³-hybridized carbons (Fsp3) is 0.462. The molecule has 1 aromatic rings. The molecule has 1 amide bonds. The van der Waals surface area contributed by atoms with Crippen LogP contribution in [0.15, 0.2) is 18.2 Å². The molecule has 0 spiro atoms. The second-order valence-corrected chi connectivity index (χ2v) is 3.95. The third-order valence-corrected chi connectivity index (χ3v) is 2.51. The highest BCUT2D eigenvalue weighted by molar-refractivity contribution is 5.92. The number of amides is 1. The standard InChI is InChI=1S/C13H19FN2O3/c1-18-6-7-19-5-4-16-9-11-3-2-10(13(15)17)8-12(11)14/h2-3,8,16H,4-7,9H2,1H3,(H2,15,17). The number of halogens is 1. The number of nitrogens with one attached hydrogen (secondary N) is 1. The summed E-state index contributed by atoms with van der Waals surface area (Å²) in [6.45, 7) is 2.62. The predicted molar refractivity (Wildman–Crippen MR) is 69.3 cm³/mol. The number of carbonyl (C=O) groups excluding carboxylic acids is 1. The summed E-state index contributed by atoms with van der Waals surface area (Å²) in [7, 11) is 1.61. The van der Waals surface area contributed by atoms with E-state index in [1.807, 2.05) is 0 Å². The number of carbonyl (C=O) groups is 1. The Balaban J connectivity index is 2.28. The average molecular weight is 270 g/mol. The van der Waals surface area contributed by atoms with E-state index < -0.39 is 11.7 Å². The molecule has 0 aliphatic rings. The SMILES string of the molecule is COCCOCCNCc1ccc(C(N)=O)cc1F. The van der Waals surface area contributed by atoms with Gasteiger partial charge in [-0.25, -0.2) is 4.39 Å². The third-order valence-electron chi connectivity index (χ3n) is 2.51. The first-order valence-electron chi connectivity index (χ1n) is 6.00. The van der Waals surface area contributed by atoms with Crippen molar-refractivity contribution in [2.45, 2.75) is 6.54 Å². The van der Waals surface area contributed by atoms with Crippen molar-refractivity contribution >= 4 is 5.91 Å². The number of methoxy groups -OCH3 is 1. The molecule has 19 heavy (non-hydrogen) atoms. The van der Waals surface area contributed by atoms with Crippen molar-refractivity contribution in [2.75, 3.05) is 33.5 Å². The quantitative estimate of drug-likeness (QED) is 0.647. The molecular formula is C13H19FN2O3. The molecule has 3 N–H and O–H groups in total. The lowest BCUT2D eigenvalue weighted by molar-refractivity contribution is 0.0719. The molecule has 0 unspecified atom stereocenters. The van der Waals surface area contributed by atoms with E-state index in [2.05, 4.69) is 5.32 Å². The molecule has 1 aromatic carbocycles. The second kappa shape index (κ2) is 8.58. The van der Waals surface area contributed by atoms with Crippen LogP contribution < -0.4 is 11.1 Å². The van der Waals surface area contributed by atoms with Gasteiger partial charge in [0.15, 0.2) is 0 Å². The molecule has 0 saturated heterocycles. The van der Waals surface area contributed by atoms with Gasteiger partial charge < -0.3 is 20.5 Å². The first kappa shape index (κ1) is 15.6. The minimum Gasteiger partial charge on any atom is -0.382 e. The van der Waals surface area contributed by atoms with Crippen molar-refractivity contribution in [1.82, 2.24) is 5.32 Å². The van der Waals surface area contributed by atoms with E-state index in [4.69, 9.17) is 15.2 Å². The van der Waals surface area contributed by atoms with Crippen molar-refractivity contribution in [3.05, 3.63) is 35.1 Å². The van der Waals surface area contributed by atoms with E-state index in [-0.39, 0.29) is 5.56 Å². The molecule has 1 rings (SSSR count). The summed E-state index contributed by atoms with van der Waals surface area (Å²) in [6.07, 6.45) is 0. The largest absolute Gasteiger partial charge is 0.382 e. The first-order chi connectivity index (χ1) is 9.15. The first-order valence-corrected chi connectivity index (χ1v) is 6.00. The van der Waals surface area contributed by atoms with E-state index >= 15 is 0 Å². The van der Waals surface area contributed by atoms with Crippen molar-refractivity contribution < 1.29 is 18.7 Å². The second-order valence-electron chi connectivity index (χ2n) is 3.95. The molecule has 0 fully saturated rings. The molecule has 0 aromatic heterocycles. The topological polar surface area (TPSA) is 73.6 Å². The van der Waals surface area contributed by atoms with Crippen LogP contribution in [0, 0.1) is 5.82 Å². The van der Waals surface area contributed by atoms with Crippen LogP contribution >= 0.6 is 0 Å². The van der Waals surface area contributed by atoms with E-state index in [1.165, 1.54) is 6.07 Å². The fourth-order valence-electron chi connectivity index (χ4n) is 1.46. The van der Waals surface area contributed by atoms with Gasteiger partial charge in [-0.3, -0.25) is 4.79 Å². The Bertz CT molecular complexity index is 413. The van der Waals surface area contributed by atoms with E-state index in [1.54, 1.807) is 13.2 Å². The van der Waals surface area contributed by atoms with Gasteiger partial charge in [0.2, 0.25) is 5.91 Å². The Morgan fingerprint density at radius 2 is 2.16 bits per heavy atom. The van der Waals surface area contributed by atoms with Crippen LogP contribution in [-0.4, -0.2) is 39.4 Å². The summed E-state index contributed by atoms with van der Waals surface area (Å²) < 4.78 is 23.7. The molecular weight excluding hydrogens is 251 g/mol. The Labute approximate surface area is 111 Å². The summed E-state index contributed by atoms with van der Waals surface area (Å²) in [6, 6.07) is 4.21. The lowest BCUT2D eigenvalue weighted by Gasteiger charge is -2.07. The average Bonchev–Trinajstić information content (AvgIpc) is 2.39. The summed E-state index contributed by atoms with van der Waals surface area (Å²) in [5.41, 5.74) is 5.72. The Morgan fingerprint density at radius 1 is 1.37 bits per heavy atom. The monoisotopic (exact) mass is 270 g/mol. The maximum atomic E-state index is 13.6. The van der Waals surface area contributed by atoms with Gasteiger partial charge in [-0.05, 0) is 12.1 Å². The van der Waals surface area contributed by atoms with Crippen LogP contribution in [-0.2, 0) is 16.0 Å². The predicted octanol–water partition coefficient (Wildman–Crippen LogP) is 0.677. The van der Waals surface area contributed by atoms with Gasteiger partial charge >= 0.3 is 0 Å². The number of nitrogens with two attached hydrogens (primary N) is 1. The molecule has 0 atom stereocenters. The number of benzene rings is 1. The summed E-state index contributed by atoms with van der Waals surface area (Å²) in [5, 5.41) is 3.05. The lowest BCUT2D eigenvalue weighted by Crippen LogP contribution is -2.21. The zero-order chi connectivity index (χ0) is 14.1. The van der Waals surface area contributed by atoms with Crippen molar-refractivity contribution in [3.63, 3.8) is 0 Å². The maximum absolute atomic E-state index is 13.6. The highest BCUT2D eigenvalue weighted by Crippen LogP contribution is 2.09. The van der Waals surface area contributed by atoms with Crippen LogP contribution in [0.3, 0.4) is 0 Å². The van der Waals surface area contributed by atoms with Crippen LogP contribution in [0.25, 0.3) is 0 Å². The highest BCUT2D eigenvalue weighted by atomic mass is 19.1. The van der Waals surface area contributed by atoms with Gasteiger partial charge in [-0.2, -0.15) is 0 Å². The number of hydrogen-bond donors (Lipinski definition) is 2. The van der Waals surface area contributed by atoms with Crippen LogP contribution in [0.1, 0.15) is 15.9 Å². The molecule has 0 radical (unpaired) electrons. The van der Waals surface area contributed by atoms with Gasteiger partial charge in [-0.15, -0.1) is 0 Å². The number of hydrogen-bond acceptors (Lipinski definition) is 4. The van der Waals surface area contributed by atoms with Gasteiger partial charge in [-0.1, -0.05) is 6.07 Å². The molecule has 0 aliphatic carbocycles. The van der Waals surface area contributed by atoms with Crippen LogP contribution in [0.4, 0.5) is 4.39 Å². The number of primary amides is 1. The Hall–Kier alpha value is -1.50. The van der Waals surface area contributed by atoms with Crippen molar-refractivity contribution in [1.29, 1.82) is 0 Å². The fourth-order valence-corrected chi connectivity index (χ4v) is 1.46. The molecule has 5 nitrogen and oxygen atoms in total. The molecule has 106 valence electrons. The van der Waals surface area contributed by atoms with E-state index in [9.17, 15) is 9.18 Å². The number of ether oxygens (including phenoxy) is 2. The lowest BCUT2D eigenvalue weighted by atomic mass is 10.1. The summed E-state index contributed by atoms with van der Waals surface area (Å²) in [5.74, 6) is -1.07. The maximum Gasteiger partial charge on any atom is 0.248 e. The van der Waals surface area contributed by atoms with E-state index in [0.29, 0.717) is 38.5 Å². The zero-order valence-electron chi connectivity index (χ0n) is 10.9. The van der Waals surface area contributed by atoms with Crippen LogP contribution in [0.5, 0.6) is 0 Å². The minimum absolute atomic E-state index is 0.171. The van der Waals surface area contributed by atoms with Crippen LogP contribution in [0.2, 0.25) is 0 Å². The zero-order valence-corrected chi connectivity index (χ0v) is 10.9. The van der Waals surface area contributed by atoms with Gasteiger partial charge in [0.25, 0.3) is 0 Å². The minimum atomic E-state index is -0.634. The Kier molecular flexibility index (Phi) is 7.02. The molecule has 6 heteroatoms. The smallest absolute Gasteiger partial charge is 0.248 e. The summed E-state index contributed by atoms with van der Waals surface area (Å²) >= 11 is 0. The third kappa shape index (κ3) is 5.78. The van der Waals surface area contributed by atoms with E-state index in [0.717, 1.165) is 6.07 Å². The molecule has 0 heterocycles. The van der Waals surface area contributed by atoms with Gasteiger partial charge in [0, 0.05) is 31.3 Å². The molecule has 0 aliphatic heterocycles. The molecule has 0 bridgehead atoms.